The molecule has 0 heterocycles. The SMILES string of the molecule is COc1ccc(N=NN(C)N=Nc2ccc(OC)cc2)cc1. The van der Waals surface area contributed by atoms with Crippen molar-refractivity contribution in [2.45, 2.75) is 0 Å². The second kappa shape index (κ2) is 7.72. The smallest absolute Gasteiger partial charge is 0.119 e. The Balaban J connectivity index is 1.94. The zero-order valence-electron chi connectivity index (χ0n) is 12.7. The summed E-state index contributed by atoms with van der Waals surface area (Å²) >= 11 is 0. The number of methoxy groups -OCH3 is 2. The number of ether oxygens (including phenoxy) is 2. The number of rotatable bonds is 6. The van der Waals surface area contributed by atoms with Crippen molar-refractivity contribution < 1.29 is 9.47 Å². The number of hydrogen-bond acceptors (Lipinski definition) is 6. The fourth-order valence-electron chi connectivity index (χ4n) is 1.55. The topological polar surface area (TPSA) is 71.1 Å². The van der Waals surface area contributed by atoms with E-state index >= 15 is 0 Å². The minimum atomic E-state index is 0.701. The Morgan fingerprint density at radius 1 is 0.682 bits per heavy atom. The molecule has 2 rings (SSSR count). The van der Waals surface area contributed by atoms with Crippen LogP contribution in [0.1, 0.15) is 0 Å². The molecule has 0 saturated heterocycles. The van der Waals surface area contributed by atoms with Crippen molar-refractivity contribution in [2.24, 2.45) is 20.7 Å². The molecule has 0 saturated carbocycles. The van der Waals surface area contributed by atoms with Crippen molar-refractivity contribution in [3.05, 3.63) is 48.5 Å². The highest BCUT2D eigenvalue weighted by Gasteiger charge is 1.95. The molecule has 0 aliphatic rings. The zero-order chi connectivity index (χ0) is 15.8. The van der Waals surface area contributed by atoms with Crippen LogP contribution >= 0.6 is 0 Å². The molecule has 0 radical (unpaired) electrons. The summed E-state index contributed by atoms with van der Waals surface area (Å²) in [4.78, 5) is 0. The molecule has 0 fully saturated rings. The van der Waals surface area contributed by atoms with E-state index in [4.69, 9.17) is 9.47 Å². The molecule has 0 bridgehead atoms. The van der Waals surface area contributed by atoms with E-state index in [9.17, 15) is 0 Å². The summed E-state index contributed by atoms with van der Waals surface area (Å²) in [6.07, 6.45) is 0. The highest BCUT2D eigenvalue weighted by molar-refractivity contribution is 5.41. The Kier molecular flexibility index (Phi) is 5.42. The van der Waals surface area contributed by atoms with Gasteiger partial charge in [-0.3, -0.25) is 0 Å². The van der Waals surface area contributed by atoms with Crippen LogP contribution in [0.5, 0.6) is 11.5 Å². The van der Waals surface area contributed by atoms with Gasteiger partial charge in [0.25, 0.3) is 0 Å². The van der Waals surface area contributed by atoms with Gasteiger partial charge in [-0.15, -0.1) is 10.2 Å². The van der Waals surface area contributed by atoms with Crippen LogP contribution in [0.4, 0.5) is 11.4 Å². The van der Waals surface area contributed by atoms with Crippen molar-refractivity contribution in [2.75, 3.05) is 21.3 Å². The summed E-state index contributed by atoms with van der Waals surface area (Å²) in [6.45, 7) is 0. The van der Waals surface area contributed by atoms with Gasteiger partial charge in [0, 0.05) is 0 Å². The first-order valence-electron chi connectivity index (χ1n) is 6.56. The molecular formula is C15H17N5O2. The lowest BCUT2D eigenvalue weighted by molar-refractivity contribution is 0.329. The van der Waals surface area contributed by atoms with Gasteiger partial charge in [0.05, 0.1) is 32.6 Å². The summed E-state index contributed by atoms with van der Waals surface area (Å²) in [5.74, 6) is 1.54. The summed E-state index contributed by atoms with van der Waals surface area (Å²) in [5, 5.41) is 17.2. The van der Waals surface area contributed by atoms with Crippen molar-refractivity contribution >= 4 is 11.4 Å². The molecule has 0 aliphatic carbocycles. The monoisotopic (exact) mass is 299 g/mol. The maximum absolute atomic E-state index is 5.07. The van der Waals surface area contributed by atoms with Gasteiger partial charge in [-0.2, -0.15) is 5.12 Å². The Morgan fingerprint density at radius 3 is 1.36 bits per heavy atom. The fourth-order valence-corrected chi connectivity index (χ4v) is 1.55. The molecular weight excluding hydrogens is 282 g/mol. The van der Waals surface area contributed by atoms with Crippen molar-refractivity contribution in [1.82, 2.24) is 5.12 Å². The minimum Gasteiger partial charge on any atom is -0.497 e. The summed E-state index contributed by atoms with van der Waals surface area (Å²) in [5.41, 5.74) is 1.40. The summed E-state index contributed by atoms with van der Waals surface area (Å²) < 4.78 is 10.1. The Bertz CT molecular complexity index is 580. The van der Waals surface area contributed by atoms with Crippen LogP contribution in [-0.4, -0.2) is 26.4 Å². The van der Waals surface area contributed by atoms with Crippen LogP contribution in [0.3, 0.4) is 0 Å². The van der Waals surface area contributed by atoms with Crippen LogP contribution in [0.25, 0.3) is 0 Å². The third-order valence-electron chi connectivity index (χ3n) is 2.72. The Labute approximate surface area is 128 Å². The van der Waals surface area contributed by atoms with Gasteiger partial charge in [-0.25, -0.2) is 0 Å². The molecule has 7 heteroatoms. The van der Waals surface area contributed by atoms with Crippen LogP contribution in [0, 0.1) is 0 Å². The third kappa shape index (κ3) is 4.55. The predicted molar refractivity (Wildman–Crippen MR) is 82.8 cm³/mol. The van der Waals surface area contributed by atoms with Gasteiger partial charge in [-0.05, 0) is 59.0 Å². The lowest BCUT2D eigenvalue weighted by Gasteiger charge is -2.02. The van der Waals surface area contributed by atoms with Gasteiger partial charge < -0.3 is 9.47 Å². The Morgan fingerprint density at radius 2 is 1.05 bits per heavy atom. The zero-order valence-corrected chi connectivity index (χ0v) is 12.7. The van der Waals surface area contributed by atoms with Gasteiger partial charge in [0.2, 0.25) is 0 Å². The van der Waals surface area contributed by atoms with E-state index in [-0.39, 0.29) is 0 Å². The normalized spacial score (nSPS) is 11.0. The molecule has 22 heavy (non-hydrogen) atoms. The lowest BCUT2D eigenvalue weighted by atomic mass is 10.3. The molecule has 114 valence electrons. The van der Waals surface area contributed by atoms with Crippen LogP contribution < -0.4 is 9.47 Å². The first-order chi connectivity index (χ1) is 10.7. The molecule has 0 atom stereocenters. The molecule has 0 aromatic heterocycles. The highest BCUT2D eigenvalue weighted by Crippen LogP contribution is 2.19. The summed E-state index contributed by atoms with van der Waals surface area (Å²) in [7, 11) is 4.88. The van der Waals surface area contributed by atoms with E-state index in [2.05, 4.69) is 20.7 Å². The molecule has 0 unspecified atom stereocenters. The molecule has 7 nitrogen and oxygen atoms in total. The van der Waals surface area contributed by atoms with E-state index in [0.717, 1.165) is 11.5 Å². The predicted octanol–water partition coefficient (Wildman–Crippen LogP) is 4.33. The molecule has 0 amide bonds. The largest absolute Gasteiger partial charge is 0.497 e. The van der Waals surface area contributed by atoms with Gasteiger partial charge in [0.15, 0.2) is 0 Å². The highest BCUT2D eigenvalue weighted by atomic mass is 16.5. The van der Waals surface area contributed by atoms with Crippen LogP contribution in [-0.2, 0) is 0 Å². The summed E-state index contributed by atoms with van der Waals surface area (Å²) in [6, 6.07) is 14.5. The van der Waals surface area contributed by atoms with Crippen LogP contribution in [0.2, 0.25) is 0 Å². The molecule has 0 N–H and O–H groups in total. The average molecular weight is 299 g/mol. The molecule has 0 aliphatic heterocycles. The maximum Gasteiger partial charge on any atom is 0.119 e. The average Bonchev–Trinajstić information content (AvgIpc) is 2.59. The first kappa shape index (κ1) is 15.4. The van der Waals surface area contributed by atoms with Crippen molar-refractivity contribution in [1.29, 1.82) is 0 Å². The number of hydrogen-bond donors (Lipinski definition) is 0. The maximum atomic E-state index is 5.07. The van der Waals surface area contributed by atoms with Crippen LogP contribution in [0.15, 0.2) is 69.2 Å². The Hall–Kier alpha value is -2.96. The van der Waals surface area contributed by atoms with Gasteiger partial charge in [0.1, 0.15) is 11.5 Å². The molecule has 2 aromatic rings. The van der Waals surface area contributed by atoms with Gasteiger partial charge >= 0.3 is 0 Å². The minimum absolute atomic E-state index is 0.701. The van der Waals surface area contributed by atoms with Crippen molar-refractivity contribution in [3.63, 3.8) is 0 Å². The second-order valence-corrected chi connectivity index (χ2v) is 4.26. The fraction of sp³-hybridized carbons (Fsp3) is 0.200. The molecule has 0 spiro atoms. The number of benzene rings is 2. The standard InChI is InChI=1S/C15H17N5O2/c1-20(18-16-12-4-8-14(21-2)9-5-12)19-17-13-6-10-15(22-3)11-7-13/h4-11H,1-3H3. The van der Waals surface area contributed by atoms with E-state index < -0.39 is 0 Å². The third-order valence-corrected chi connectivity index (χ3v) is 2.72. The van der Waals surface area contributed by atoms with E-state index in [1.54, 1.807) is 45.5 Å². The van der Waals surface area contributed by atoms with E-state index in [1.165, 1.54) is 5.12 Å². The van der Waals surface area contributed by atoms with Crippen molar-refractivity contribution in [3.8, 4) is 11.5 Å². The van der Waals surface area contributed by atoms with E-state index in [0.29, 0.717) is 11.4 Å². The number of nitrogens with zero attached hydrogens (tertiary/aromatic N) is 5. The quantitative estimate of drug-likeness (QED) is 0.588. The second-order valence-electron chi connectivity index (χ2n) is 4.26. The van der Waals surface area contributed by atoms with Gasteiger partial charge in [-0.1, -0.05) is 0 Å². The molecule has 2 aromatic carbocycles. The lowest BCUT2D eigenvalue weighted by Crippen LogP contribution is -1.97. The van der Waals surface area contributed by atoms with E-state index in [1.807, 2.05) is 24.3 Å². The first-order valence-corrected chi connectivity index (χ1v) is 6.56.